The highest BCUT2D eigenvalue weighted by Crippen LogP contribution is 2.29. The molecule has 2 atom stereocenters. The van der Waals surface area contributed by atoms with Gasteiger partial charge in [0.25, 0.3) is 0 Å². The van der Waals surface area contributed by atoms with Gasteiger partial charge in [0.1, 0.15) is 0 Å². The molecule has 2 aliphatic rings. The largest absolute Gasteiger partial charge is 0.335 e. The Morgan fingerprint density at radius 1 is 0.852 bits per heavy atom. The summed E-state index contributed by atoms with van der Waals surface area (Å²) in [6, 6.07) is 18.5. The van der Waals surface area contributed by atoms with E-state index < -0.39 is 0 Å². The first kappa shape index (κ1) is 17.9. The molecule has 2 aromatic carbocycles. The minimum atomic E-state index is 0.0447. The molecule has 0 radical (unpaired) electrons. The van der Waals surface area contributed by atoms with Gasteiger partial charge in [-0.15, -0.1) is 0 Å². The molecule has 2 fully saturated rings. The molecule has 2 unspecified atom stereocenters. The van der Waals surface area contributed by atoms with Crippen LogP contribution in [-0.2, 0) is 4.79 Å². The zero-order chi connectivity index (χ0) is 18.6. The van der Waals surface area contributed by atoms with Crippen molar-refractivity contribution in [3.8, 4) is 11.1 Å². The standard InChI is InChI=1S/C23H26N2O2/c26-22(19-8-6-18(7-9-19)17-4-2-1-3-5-17)12-13-23(27)25-20-10-11-21(25)16-24-15-14-20/h1-9,20-21,24H,10-16H2. The Kier molecular flexibility index (Phi) is 5.35. The van der Waals surface area contributed by atoms with Crippen molar-refractivity contribution < 1.29 is 9.59 Å². The quantitative estimate of drug-likeness (QED) is 0.826. The predicted octanol–water partition coefficient (Wildman–Crippen LogP) is 3.67. The van der Waals surface area contributed by atoms with Crippen LogP contribution in [0.2, 0.25) is 0 Å². The first-order valence-electron chi connectivity index (χ1n) is 9.93. The van der Waals surface area contributed by atoms with Crippen LogP contribution in [0.1, 0.15) is 42.5 Å². The van der Waals surface area contributed by atoms with Crippen molar-refractivity contribution in [3.05, 3.63) is 60.2 Å². The molecule has 27 heavy (non-hydrogen) atoms. The molecule has 4 rings (SSSR count). The molecule has 1 N–H and O–H groups in total. The normalized spacial score (nSPS) is 21.7. The number of hydrogen-bond donors (Lipinski definition) is 1. The molecule has 0 aliphatic carbocycles. The molecule has 4 nitrogen and oxygen atoms in total. The SMILES string of the molecule is O=C(CCC(=O)N1C2CCNCC1CC2)c1ccc(-c2ccccc2)cc1. The van der Waals surface area contributed by atoms with Gasteiger partial charge in [-0.1, -0.05) is 54.6 Å². The van der Waals surface area contributed by atoms with Crippen molar-refractivity contribution in [2.45, 2.75) is 44.2 Å². The van der Waals surface area contributed by atoms with Crippen molar-refractivity contribution in [3.63, 3.8) is 0 Å². The Balaban J connectivity index is 1.36. The lowest BCUT2D eigenvalue weighted by atomic mass is 10.0. The monoisotopic (exact) mass is 362 g/mol. The molecule has 2 heterocycles. The van der Waals surface area contributed by atoms with Crippen LogP contribution in [-0.4, -0.2) is 41.8 Å². The number of carbonyl (C=O) groups excluding carboxylic acids is 2. The molecule has 2 aliphatic heterocycles. The van der Waals surface area contributed by atoms with E-state index in [2.05, 4.69) is 22.3 Å². The van der Waals surface area contributed by atoms with E-state index in [1.807, 2.05) is 42.5 Å². The average molecular weight is 362 g/mol. The van der Waals surface area contributed by atoms with Crippen LogP contribution >= 0.6 is 0 Å². The summed E-state index contributed by atoms with van der Waals surface area (Å²) in [4.78, 5) is 27.3. The van der Waals surface area contributed by atoms with E-state index in [0.717, 1.165) is 43.5 Å². The molecular formula is C23H26N2O2. The number of Topliss-reactive ketones (excluding diaryl/α,β-unsaturated/α-hetero) is 1. The number of nitrogens with zero attached hydrogens (tertiary/aromatic N) is 1. The van der Waals surface area contributed by atoms with Gasteiger partial charge in [-0.2, -0.15) is 0 Å². The fourth-order valence-electron chi connectivity index (χ4n) is 4.36. The highest BCUT2D eigenvalue weighted by Gasteiger charge is 2.37. The van der Waals surface area contributed by atoms with Gasteiger partial charge in [-0.25, -0.2) is 0 Å². The van der Waals surface area contributed by atoms with Crippen LogP contribution in [0.15, 0.2) is 54.6 Å². The maximum Gasteiger partial charge on any atom is 0.223 e. The van der Waals surface area contributed by atoms with E-state index in [-0.39, 0.29) is 18.1 Å². The number of benzene rings is 2. The van der Waals surface area contributed by atoms with Crippen LogP contribution in [0.3, 0.4) is 0 Å². The fraction of sp³-hybridized carbons (Fsp3) is 0.391. The molecule has 0 aromatic heterocycles. The molecule has 2 bridgehead atoms. The van der Waals surface area contributed by atoms with Crippen LogP contribution in [0.4, 0.5) is 0 Å². The number of fused-ring (bicyclic) bond motifs is 2. The molecule has 4 heteroatoms. The summed E-state index contributed by atoms with van der Waals surface area (Å²) in [5.41, 5.74) is 2.91. The van der Waals surface area contributed by atoms with Gasteiger partial charge < -0.3 is 10.2 Å². The Morgan fingerprint density at radius 3 is 2.33 bits per heavy atom. The fourth-order valence-corrected chi connectivity index (χ4v) is 4.36. The van der Waals surface area contributed by atoms with Gasteiger partial charge in [-0.3, -0.25) is 9.59 Å². The lowest BCUT2D eigenvalue weighted by Gasteiger charge is -2.27. The minimum absolute atomic E-state index is 0.0447. The smallest absolute Gasteiger partial charge is 0.223 e. The van der Waals surface area contributed by atoms with Gasteiger partial charge >= 0.3 is 0 Å². The number of amides is 1. The average Bonchev–Trinajstić information content (AvgIpc) is 2.99. The van der Waals surface area contributed by atoms with Gasteiger partial charge in [0, 0.05) is 37.0 Å². The van der Waals surface area contributed by atoms with Crippen molar-refractivity contribution >= 4 is 11.7 Å². The third kappa shape index (κ3) is 3.96. The summed E-state index contributed by atoms with van der Waals surface area (Å²) >= 11 is 0. The third-order valence-corrected chi connectivity index (χ3v) is 5.82. The second-order valence-electron chi connectivity index (χ2n) is 7.55. The molecule has 140 valence electrons. The third-order valence-electron chi connectivity index (χ3n) is 5.82. The number of carbonyl (C=O) groups is 2. The highest BCUT2D eigenvalue weighted by molar-refractivity contribution is 5.98. The zero-order valence-electron chi connectivity index (χ0n) is 15.6. The number of hydrogen-bond acceptors (Lipinski definition) is 3. The van der Waals surface area contributed by atoms with Crippen molar-refractivity contribution in [1.82, 2.24) is 10.2 Å². The maximum atomic E-state index is 12.7. The minimum Gasteiger partial charge on any atom is -0.335 e. The van der Waals surface area contributed by atoms with E-state index in [1.165, 1.54) is 0 Å². The molecule has 2 aromatic rings. The highest BCUT2D eigenvalue weighted by atomic mass is 16.2. The van der Waals surface area contributed by atoms with E-state index in [1.54, 1.807) is 0 Å². The van der Waals surface area contributed by atoms with E-state index in [4.69, 9.17) is 0 Å². The van der Waals surface area contributed by atoms with Gasteiger partial charge in [0.2, 0.25) is 5.91 Å². The first-order valence-corrected chi connectivity index (χ1v) is 9.93. The topological polar surface area (TPSA) is 49.4 Å². The summed E-state index contributed by atoms with van der Waals surface area (Å²) in [5.74, 6) is 0.184. The van der Waals surface area contributed by atoms with Crippen molar-refractivity contribution in [2.75, 3.05) is 13.1 Å². The van der Waals surface area contributed by atoms with Crippen LogP contribution in [0, 0.1) is 0 Å². The Morgan fingerprint density at radius 2 is 1.56 bits per heavy atom. The second kappa shape index (κ2) is 8.05. The van der Waals surface area contributed by atoms with Crippen LogP contribution < -0.4 is 5.32 Å². The lowest BCUT2D eigenvalue weighted by Crippen LogP contribution is -2.42. The maximum absolute atomic E-state index is 12.7. The number of rotatable bonds is 5. The van der Waals surface area contributed by atoms with Gasteiger partial charge in [0.15, 0.2) is 5.78 Å². The summed E-state index contributed by atoms with van der Waals surface area (Å²) in [5, 5.41) is 3.41. The summed E-state index contributed by atoms with van der Waals surface area (Å²) in [6.45, 7) is 1.87. The summed E-state index contributed by atoms with van der Waals surface area (Å²) in [7, 11) is 0. The number of ketones is 1. The predicted molar refractivity (Wildman–Crippen MR) is 107 cm³/mol. The van der Waals surface area contributed by atoms with Crippen LogP contribution in [0.25, 0.3) is 11.1 Å². The molecule has 2 saturated heterocycles. The molecule has 0 saturated carbocycles. The molecule has 0 spiro atoms. The first-order chi connectivity index (χ1) is 13.2. The zero-order valence-corrected chi connectivity index (χ0v) is 15.6. The second-order valence-corrected chi connectivity index (χ2v) is 7.55. The van der Waals surface area contributed by atoms with Gasteiger partial charge in [-0.05, 0) is 36.9 Å². The Bertz CT molecular complexity index is 787. The molecular weight excluding hydrogens is 336 g/mol. The van der Waals surface area contributed by atoms with Gasteiger partial charge in [0.05, 0.1) is 0 Å². The van der Waals surface area contributed by atoms with Crippen LogP contribution in [0.5, 0.6) is 0 Å². The Hall–Kier alpha value is -2.46. The Labute approximate surface area is 160 Å². The van der Waals surface area contributed by atoms with E-state index >= 15 is 0 Å². The molecule has 1 amide bonds. The lowest BCUT2D eigenvalue weighted by molar-refractivity contribution is -0.133. The van der Waals surface area contributed by atoms with Crippen molar-refractivity contribution in [2.24, 2.45) is 0 Å². The van der Waals surface area contributed by atoms with E-state index in [0.29, 0.717) is 24.1 Å². The summed E-state index contributed by atoms with van der Waals surface area (Å²) in [6.07, 6.45) is 3.81. The van der Waals surface area contributed by atoms with Crippen molar-refractivity contribution in [1.29, 1.82) is 0 Å². The number of nitrogens with one attached hydrogen (secondary N) is 1. The van der Waals surface area contributed by atoms with E-state index in [9.17, 15) is 9.59 Å². The summed E-state index contributed by atoms with van der Waals surface area (Å²) < 4.78 is 0.